The molecule has 2 nitrogen and oxygen atoms in total. The van der Waals surface area contributed by atoms with Crippen molar-refractivity contribution in [3.05, 3.63) is 40.8 Å². The van der Waals surface area contributed by atoms with Gasteiger partial charge >= 0.3 is 0 Å². The molecule has 0 N–H and O–H groups in total. The Bertz CT molecular complexity index is 467. The first kappa shape index (κ1) is 11.9. The number of hydrogen-bond donors (Lipinski definition) is 0. The van der Waals surface area contributed by atoms with Crippen LogP contribution in [0.5, 0.6) is 0 Å². The van der Waals surface area contributed by atoms with E-state index in [-0.39, 0.29) is 17.0 Å². The van der Waals surface area contributed by atoms with Crippen LogP contribution in [-0.4, -0.2) is 9.55 Å². The van der Waals surface area contributed by atoms with Crippen LogP contribution < -0.4 is 17.0 Å². The first-order chi connectivity index (χ1) is 7.33. The molecule has 0 aliphatic carbocycles. The summed E-state index contributed by atoms with van der Waals surface area (Å²) in [7, 11) is 0. The van der Waals surface area contributed by atoms with E-state index in [1.807, 2.05) is 0 Å². The molecular weight excluding hydrogens is 332 g/mol. The predicted molar refractivity (Wildman–Crippen MR) is 63.7 cm³/mol. The van der Waals surface area contributed by atoms with Crippen molar-refractivity contribution in [2.24, 2.45) is 0 Å². The van der Waals surface area contributed by atoms with Gasteiger partial charge in [0.15, 0.2) is 0 Å². The summed E-state index contributed by atoms with van der Waals surface area (Å²) < 4.78 is 3.37. The van der Waals surface area contributed by atoms with E-state index in [9.17, 15) is 0 Å². The quantitative estimate of drug-likeness (QED) is 0.727. The Kier molecular flexibility index (Phi) is 3.50. The van der Waals surface area contributed by atoms with E-state index in [1.165, 1.54) is 17.8 Å². The molecule has 0 spiro atoms. The fourth-order valence-electron chi connectivity index (χ4n) is 2.01. The van der Waals surface area contributed by atoms with Gasteiger partial charge in [0.1, 0.15) is 5.82 Å². The fourth-order valence-corrected chi connectivity index (χ4v) is 2.28. The average Bonchev–Trinajstić information content (AvgIpc) is 2.78. The van der Waals surface area contributed by atoms with Gasteiger partial charge in [0.2, 0.25) is 0 Å². The first-order valence-electron chi connectivity index (χ1n) is 5.15. The van der Waals surface area contributed by atoms with E-state index >= 15 is 0 Å². The van der Waals surface area contributed by atoms with Gasteiger partial charge in [0.25, 0.3) is 0 Å². The molecule has 0 fully saturated rings. The van der Waals surface area contributed by atoms with Crippen LogP contribution in [0, 0.1) is 0 Å². The third kappa shape index (κ3) is 2.09. The molecule has 16 heavy (non-hydrogen) atoms. The molecule has 2 aromatic rings. The molecule has 0 bridgehead atoms. The molecule has 0 radical (unpaired) electrons. The van der Waals surface area contributed by atoms with Crippen molar-refractivity contribution in [2.75, 3.05) is 0 Å². The van der Waals surface area contributed by atoms with Crippen molar-refractivity contribution in [3.63, 3.8) is 0 Å². The van der Waals surface area contributed by atoms with Crippen LogP contribution in [0.25, 0.3) is 11.3 Å². The summed E-state index contributed by atoms with van der Waals surface area (Å²) >= 11 is 3.44. The van der Waals surface area contributed by atoms with Gasteiger partial charge in [-0.05, 0) is 18.6 Å². The average molecular weight is 343 g/mol. The van der Waals surface area contributed by atoms with Gasteiger partial charge in [0, 0.05) is 29.2 Å². The number of rotatable bonds is 1. The second-order valence-electron chi connectivity index (χ2n) is 3.85. The van der Waals surface area contributed by atoms with Gasteiger partial charge in [-0.15, -0.1) is 0 Å². The minimum Gasteiger partial charge on any atom is -1.00 e. The maximum absolute atomic E-state index is 4.64. The SMILES string of the molecule is Brc1ccc(-c2cn3c(n2)CCC3)cc1.[Br-]. The third-order valence-corrected chi connectivity index (χ3v) is 3.33. The summed E-state index contributed by atoms with van der Waals surface area (Å²) in [4.78, 5) is 4.64. The highest BCUT2D eigenvalue weighted by Gasteiger charge is 2.13. The van der Waals surface area contributed by atoms with Crippen molar-refractivity contribution in [3.8, 4) is 11.3 Å². The highest BCUT2D eigenvalue weighted by Crippen LogP contribution is 2.24. The predicted octanol–water partition coefficient (Wildman–Crippen LogP) is 0.263. The van der Waals surface area contributed by atoms with Gasteiger partial charge in [-0.1, -0.05) is 28.1 Å². The topological polar surface area (TPSA) is 17.8 Å². The Morgan fingerprint density at radius 3 is 2.62 bits per heavy atom. The lowest BCUT2D eigenvalue weighted by atomic mass is 10.2. The molecule has 0 unspecified atom stereocenters. The number of benzene rings is 1. The van der Waals surface area contributed by atoms with E-state index in [4.69, 9.17) is 0 Å². The summed E-state index contributed by atoms with van der Waals surface area (Å²) in [6.07, 6.45) is 4.52. The maximum Gasteiger partial charge on any atom is 0.109 e. The van der Waals surface area contributed by atoms with Gasteiger partial charge in [-0.2, -0.15) is 0 Å². The minimum atomic E-state index is 0. The number of aryl methyl sites for hydroxylation is 2. The minimum absolute atomic E-state index is 0. The van der Waals surface area contributed by atoms with E-state index < -0.39 is 0 Å². The molecule has 1 aromatic carbocycles. The van der Waals surface area contributed by atoms with Crippen molar-refractivity contribution < 1.29 is 17.0 Å². The number of hydrogen-bond acceptors (Lipinski definition) is 1. The lowest BCUT2D eigenvalue weighted by molar-refractivity contribution is -0.00000297. The number of aromatic nitrogens is 2. The van der Waals surface area contributed by atoms with Gasteiger partial charge in [-0.25, -0.2) is 4.98 Å². The van der Waals surface area contributed by atoms with E-state index in [0.717, 1.165) is 23.1 Å². The molecule has 4 heteroatoms. The Hall–Kier alpha value is -0.610. The molecule has 0 saturated heterocycles. The van der Waals surface area contributed by atoms with Crippen LogP contribution in [0.1, 0.15) is 12.2 Å². The molecule has 1 aromatic heterocycles. The fraction of sp³-hybridized carbons (Fsp3) is 0.250. The van der Waals surface area contributed by atoms with Crippen molar-refractivity contribution in [1.82, 2.24) is 9.55 Å². The number of halogens is 2. The smallest absolute Gasteiger partial charge is 0.109 e. The van der Waals surface area contributed by atoms with Crippen LogP contribution in [0.3, 0.4) is 0 Å². The normalized spacial score (nSPS) is 13.3. The Labute approximate surface area is 114 Å². The zero-order valence-corrected chi connectivity index (χ0v) is 11.8. The Morgan fingerprint density at radius 2 is 1.94 bits per heavy atom. The summed E-state index contributed by atoms with van der Waals surface area (Å²) in [6, 6.07) is 8.31. The number of nitrogens with zero attached hydrogens (tertiary/aromatic N) is 2. The highest BCUT2D eigenvalue weighted by atomic mass is 79.9. The molecular formula is C12H11Br2N2-. The molecule has 1 aliphatic rings. The van der Waals surface area contributed by atoms with E-state index in [0.29, 0.717) is 0 Å². The molecule has 3 rings (SSSR count). The van der Waals surface area contributed by atoms with Crippen molar-refractivity contribution >= 4 is 15.9 Å². The van der Waals surface area contributed by atoms with Crippen LogP contribution >= 0.6 is 15.9 Å². The van der Waals surface area contributed by atoms with Crippen molar-refractivity contribution in [1.29, 1.82) is 0 Å². The summed E-state index contributed by atoms with van der Waals surface area (Å²) in [5.74, 6) is 1.23. The lowest BCUT2D eigenvalue weighted by Crippen LogP contribution is -3.00. The molecule has 0 atom stereocenters. The molecule has 0 saturated carbocycles. The third-order valence-electron chi connectivity index (χ3n) is 2.80. The van der Waals surface area contributed by atoms with Gasteiger partial charge in [-0.3, -0.25) is 0 Å². The Balaban J connectivity index is 0.000000963. The van der Waals surface area contributed by atoms with Crippen LogP contribution in [-0.2, 0) is 13.0 Å². The molecule has 84 valence electrons. The van der Waals surface area contributed by atoms with E-state index in [1.54, 1.807) is 0 Å². The molecule has 2 heterocycles. The largest absolute Gasteiger partial charge is 1.00 e. The lowest BCUT2D eigenvalue weighted by Gasteiger charge is -1.96. The maximum atomic E-state index is 4.64. The van der Waals surface area contributed by atoms with Crippen LogP contribution in [0.4, 0.5) is 0 Å². The zero-order chi connectivity index (χ0) is 10.3. The second-order valence-corrected chi connectivity index (χ2v) is 4.76. The van der Waals surface area contributed by atoms with Crippen molar-refractivity contribution in [2.45, 2.75) is 19.4 Å². The number of imidazole rings is 1. The second kappa shape index (κ2) is 4.72. The van der Waals surface area contributed by atoms with Crippen LogP contribution in [0.15, 0.2) is 34.9 Å². The highest BCUT2D eigenvalue weighted by molar-refractivity contribution is 9.10. The van der Waals surface area contributed by atoms with E-state index in [2.05, 4.69) is 55.9 Å². The monoisotopic (exact) mass is 341 g/mol. The molecule has 1 aliphatic heterocycles. The van der Waals surface area contributed by atoms with Gasteiger partial charge < -0.3 is 21.5 Å². The number of fused-ring (bicyclic) bond motifs is 1. The summed E-state index contributed by atoms with van der Waals surface area (Å²) in [6.45, 7) is 1.12. The van der Waals surface area contributed by atoms with Crippen LogP contribution in [0.2, 0.25) is 0 Å². The zero-order valence-electron chi connectivity index (χ0n) is 8.66. The van der Waals surface area contributed by atoms with Gasteiger partial charge in [0.05, 0.1) is 5.69 Å². The standard InChI is InChI=1S/C12H11BrN2.BrH/c13-10-5-3-9(4-6-10)11-8-15-7-1-2-12(15)14-11;/h3-6,8H,1-2,7H2;1H/p-1. The Morgan fingerprint density at radius 1 is 1.19 bits per heavy atom. The molecule has 0 amide bonds. The summed E-state index contributed by atoms with van der Waals surface area (Å²) in [5, 5.41) is 0. The summed E-state index contributed by atoms with van der Waals surface area (Å²) in [5.41, 5.74) is 2.29. The first-order valence-corrected chi connectivity index (χ1v) is 5.94.